The van der Waals surface area contributed by atoms with Crippen molar-refractivity contribution >= 4 is 23.4 Å². The van der Waals surface area contributed by atoms with E-state index < -0.39 is 23.9 Å². The monoisotopic (exact) mass is 488 g/mol. The Morgan fingerprint density at radius 2 is 1.53 bits per heavy atom. The van der Waals surface area contributed by atoms with Crippen molar-refractivity contribution in [3.63, 3.8) is 0 Å². The lowest BCUT2D eigenvalue weighted by Crippen LogP contribution is -2.40. The fourth-order valence-electron chi connectivity index (χ4n) is 3.43. The van der Waals surface area contributed by atoms with Crippen LogP contribution in [0.15, 0.2) is 78.7 Å². The van der Waals surface area contributed by atoms with Crippen LogP contribution < -0.4 is 14.8 Å². The van der Waals surface area contributed by atoms with Gasteiger partial charge in [0.25, 0.3) is 5.91 Å². The number of nitrogens with one attached hydrogen (secondary N) is 1. The van der Waals surface area contributed by atoms with E-state index in [1.165, 1.54) is 26.3 Å². The smallest absolute Gasteiger partial charge is 0.333 e. The van der Waals surface area contributed by atoms with Gasteiger partial charge in [-0.2, -0.15) is 0 Å². The Kier molecular flexibility index (Phi) is 8.94. The number of allylic oxidation sites excluding steroid dienone is 1. The summed E-state index contributed by atoms with van der Waals surface area (Å²) >= 11 is 0. The lowest BCUT2D eigenvalue weighted by molar-refractivity contribution is -0.141. The maximum Gasteiger partial charge on any atom is 0.333 e. The molecular formula is C28H28N2O6. The van der Waals surface area contributed by atoms with Gasteiger partial charge in [0, 0.05) is 24.3 Å². The number of amides is 1. The fraction of sp³-hybridized carbons (Fsp3) is 0.214. The zero-order valence-corrected chi connectivity index (χ0v) is 20.6. The molecule has 0 aliphatic heterocycles. The lowest BCUT2D eigenvalue weighted by Gasteiger charge is -2.17. The van der Waals surface area contributed by atoms with Crippen LogP contribution in [0, 0.1) is 0 Å². The first kappa shape index (κ1) is 26.2. The van der Waals surface area contributed by atoms with Gasteiger partial charge in [0.2, 0.25) is 5.75 Å². The fourth-order valence-corrected chi connectivity index (χ4v) is 3.43. The van der Waals surface area contributed by atoms with Crippen LogP contribution in [0.4, 0.5) is 0 Å². The highest BCUT2D eigenvalue weighted by molar-refractivity contribution is 5.99. The lowest BCUT2D eigenvalue weighted by atomic mass is 9.97. The molecule has 0 spiro atoms. The van der Waals surface area contributed by atoms with Crippen LogP contribution in [0.1, 0.15) is 48.8 Å². The minimum Gasteiger partial charge on any atom is -0.493 e. The molecule has 8 nitrogen and oxygen atoms in total. The number of ether oxygens (including phenoxy) is 3. The third kappa shape index (κ3) is 6.35. The van der Waals surface area contributed by atoms with E-state index in [2.05, 4.69) is 10.3 Å². The number of hydrogen-bond donors (Lipinski definition) is 1. The number of carbonyl (C=O) groups excluding carboxylic acids is 3. The van der Waals surface area contributed by atoms with Crippen molar-refractivity contribution in [2.45, 2.75) is 33.2 Å². The minimum absolute atomic E-state index is 0.0958. The molecule has 0 bridgehead atoms. The molecule has 0 fully saturated rings. The molecular weight excluding hydrogens is 460 g/mol. The number of methoxy groups -OCH3 is 1. The maximum atomic E-state index is 12.9. The van der Waals surface area contributed by atoms with Gasteiger partial charge in [0.15, 0.2) is 11.4 Å². The number of rotatable bonds is 9. The van der Waals surface area contributed by atoms with Crippen LogP contribution in [0.2, 0.25) is 0 Å². The highest BCUT2D eigenvalue weighted by Gasteiger charge is 2.25. The van der Waals surface area contributed by atoms with Gasteiger partial charge in [-0.3, -0.25) is 9.59 Å². The van der Waals surface area contributed by atoms with Crippen LogP contribution in [0.5, 0.6) is 11.5 Å². The highest BCUT2D eigenvalue weighted by atomic mass is 16.6. The molecule has 3 rings (SSSR count). The molecule has 1 aromatic heterocycles. The van der Waals surface area contributed by atoms with Crippen LogP contribution >= 0.6 is 0 Å². The number of benzene rings is 2. The number of esters is 2. The molecule has 8 heteroatoms. The summed E-state index contributed by atoms with van der Waals surface area (Å²) in [5.74, 6) is -1.50. The van der Waals surface area contributed by atoms with E-state index in [0.29, 0.717) is 5.76 Å². The normalized spacial score (nSPS) is 11.1. The Morgan fingerprint density at radius 1 is 0.944 bits per heavy atom. The zero-order valence-electron chi connectivity index (χ0n) is 20.6. The van der Waals surface area contributed by atoms with Crippen molar-refractivity contribution in [1.82, 2.24) is 10.3 Å². The minimum atomic E-state index is -1.03. The molecule has 0 radical (unpaired) electrons. The number of carbonyl (C=O) groups is 3. The summed E-state index contributed by atoms with van der Waals surface area (Å²) in [4.78, 5) is 41.7. The third-order valence-electron chi connectivity index (χ3n) is 5.24. The highest BCUT2D eigenvalue weighted by Crippen LogP contribution is 2.30. The van der Waals surface area contributed by atoms with E-state index in [9.17, 15) is 14.4 Å². The first-order valence-corrected chi connectivity index (χ1v) is 11.4. The molecule has 0 aliphatic rings. The Morgan fingerprint density at radius 3 is 2.06 bits per heavy atom. The summed E-state index contributed by atoms with van der Waals surface area (Å²) in [5.41, 5.74) is 2.34. The van der Waals surface area contributed by atoms with Gasteiger partial charge in [-0.25, -0.2) is 9.78 Å². The predicted molar refractivity (Wildman–Crippen MR) is 134 cm³/mol. The first-order valence-electron chi connectivity index (χ1n) is 11.4. The average molecular weight is 489 g/mol. The average Bonchev–Trinajstić information content (AvgIpc) is 2.89. The molecule has 1 heterocycles. The van der Waals surface area contributed by atoms with E-state index in [1.807, 2.05) is 60.7 Å². The molecule has 0 unspecified atom stereocenters. The summed E-state index contributed by atoms with van der Waals surface area (Å²) in [6.07, 6.45) is 1.44. The van der Waals surface area contributed by atoms with E-state index in [0.717, 1.165) is 16.7 Å². The predicted octanol–water partition coefficient (Wildman–Crippen LogP) is 4.55. The van der Waals surface area contributed by atoms with Crippen LogP contribution in [0.25, 0.3) is 5.57 Å². The molecule has 0 saturated carbocycles. The maximum absolute atomic E-state index is 12.9. The van der Waals surface area contributed by atoms with Gasteiger partial charge in [0.1, 0.15) is 11.8 Å². The van der Waals surface area contributed by atoms with Crippen molar-refractivity contribution < 1.29 is 28.6 Å². The zero-order chi connectivity index (χ0) is 26.1. The Bertz CT molecular complexity index is 1210. The van der Waals surface area contributed by atoms with Gasteiger partial charge in [-0.15, -0.1) is 0 Å². The second-order valence-corrected chi connectivity index (χ2v) is 7.80. The molecule has 0 aliphatic carbocycles. The summed E-state index contributed by atoms with van der Waals surface area (Å²) in [7, 11) is 1.38. The van der Waals surface area contributed by atoms with Gasteiger partial charge in [-0.1, -0.05) is 67.6 Å². The molecule has 0 saturated heterocycles. The molecule has 1 N–H and O–H groups in total. The topological polar surface area (TPSA) is 104 Å². The summed E-state index contributed by atoms with van der Waals surface area (Å²) in [5, 5.41) is 2.56. The molecule has 1 atom stereocenters. The molecule has 2 aromatic carbocycles. The van der Waals surface area contributed by atoms with Gasteiger partial charge in [0.05, 0.1) is 7.11 Å². The number of nitrogens with zero attached hydrogens (tertiary/aromatic N) is 1. The molecule has 1 amide bonds. The van der Waals surface area contributed by atoms with Gasteiger partial charge in [-0.05, 0) is 25.0 Å². The second-order valence-electron chi connectivity index (χ2n) is 7.80. The van der Waals surface area contributed by atoms with Crippen molar-refractivity contribution in [3.8, 4) is 11.5 Å². The summed E-state index contributed by atoms with van der Waals surface area (Å²) in [6.45, 7) is 4.82. The van der Waals surface area contributed by atoms with Gasteiger partial charge < -0.3 is 19.5 Å². The summed E-state index contributed by atoms with van der Waals surface area (Å²) < 4.78 is 16.1. The Balaban J connectivity index is 1.83. The largest absolute Gasteiger partial charge is 0.493 e. The quantitative estimate of drug-likeness (QED) is 0.348. The summed E-state index contributed by atoms with van der Waals surface area (Å²) in [6, 6.07) is 19.6. The molecule has 3 aromatic rings. The van der Waals surface area contributed by atoms with E-state index in [1.54, 1.807) is 13.8 Å². The first-order chi connectivity index (χ1) is 17.3. The third-order valence-corrected chi connectivity index (χ3v) is 5.24. The number of hydrogen-bond acceptors (Lipinski definition) is 7. The Labute approximate surface area is 209 Å². The van der Waals surface area contributed by atoms with E-state index >= 15 is 0 Å². The Hall–Kier alpha value is -4.46. The van der Waals surface area contributed by atoms with Crippen molar-refractivity contribution in [3.05, 3.63) is 95.5 Å². The molecule has 36 heavy (non-hydrogen) atoms. The van der Waals surface area contributed by atoms with Crippen molar-refractivity contribution in [2.75, 3.05) is 7.11 Å². The van der Waals surface area contributed by atoms with Crippen LogP contribution in [-0.4, -0.2) is 36.0 Å². The SMILES string of the molecule is CCC(=O)Oc1c(OC)ccnc1C(=O)N[C@@H](C)C(=O)OC(C)=C(c1ccccc1)c1ccccc1. The van der Waals surface area contributed by atoms with Gasteiger partial charge >= 0.3 is 11.9 Å². The van der Waals surface area contributed by atoms with Crippen molar-refractivity contribution in [1.29, 1.82) is 0 Å². The standard InChI is InChI=1S/C28H28N2O6/c1-5-23(31)36-26-22(34-4)16-17-29-25(26)27(32)30-18(2)28(33)35-19(3)24(20-12-8-6-9-13-20)21-14-10-7-11-15-21/h6-18H,5H2,1-4H3,(H,30,32)/t18-/m0/s1. The van der Waals surface area contributed by atoms with Crippen LogP contribution in [-0.2, 0) is 14.3 Å². The van der Waals surface area contributed by atoms with Crippen LogP contribution in [0.3, 0.4) is 0 Å². The second kappa shape index (κ2) is 12.3. The number of pyridine rings is 1. The number of aromatic nitrogens is 1. The van der Waals surface area contributed by atoms with E-state index in [-0.39, 0.29) is 23.6 Å². The molecule has 186 valence electrons. The van der Waals surface area contributed by atoms with Crippen molar-refractivity contribution in [2.24, 2.45) is 0 Å². The van der Waals surface area contributed by atoms with E-state index in [4.69, 9.17) is 14.2 Å².